The normalized spacial score (nSPS) is 10.7. The van der Waals surface area contributed by atoms with Crippen molar-refractivity contribution in [2.45, 2.75) is 84.0 Å². The quantitative estimate of drug-likeness (QED) is 0.171. The number of unbranched alkanes of at least 4 members (excludes halogenated alkanes) is 9. The second-order valence-corrected chi connectivity index (χ2v) is 8.90. The van der Waals surface area contributed by atoms with E-state index in [4.69, 9.17) is 0 Å². The Bertz CT molecular complexity index is 854. The average molecular weight is 447 g/mol. The second kappa shape index (κ2) is 15.8. The zero-order valence-electron chi connectivity index (χ0n) is 20.2. The van der Waals surface area contributed by atoms with Gasteiger partial charge in [0.2, 0.25) is 0 Å². The van der Waals surface area contributed by atoms with Crippen LogP contribution in [0.5, 0.6) is 0 Å². The Morgan fingerprint density at radius 2 is 1.09 bits per heavy atom. The molecule has 0 radical (unpaired) electrons. The molecule has 1 unspecified atom stereocenters. The summed E-state index contributed by atoms with van der Waals surface area (Å²) in [6.45, 7) is 2.29. The molecule has 0 bridgehead atoms. The molecule has 0 aliphatic heterocycles. The van der Waals surface area contributed by atoms with E-state index in [1.807, 2.05) is 0 Å². The maximum Gasteiger partial charge on any atom is -0.00169 e. The van der Waals surface area contributed by atoms with E-state index in [2.05, 4.69) is 85.8 Å². The third-order valence-electron chi connectivity index (χ3n) is 6.38. The van der Waals surface area contributed by atoms with Crippen LogP contribution < -0.4 is 0 Å². The molecule has 172 valence electrons. The minimum absolute atomic E-state index is 0. The topological polar surface area (TPSA) is 0 Å². The average Bonchev–Trinajstić information content (AvgIpc) is 2.82. The lowest BCUT2D eigenvalue weighted by Crippen LogP contribution is -2.00. The monoisotopic (exact) mass is 446 g/mol. The zero-order chi connectivity index (χ0) is 21.6. The summed E-state index contributed by atoms with van der Waals surface area (Å²) < 4.78 is 0. The molecule has 0 saturated carbocycles. The van der Waals surface area contributed by atoms with E-state index in [-0.39, 0.29) is 9.90 Å². The van der Waals surface area contributed by atoms with E-state index in [9.17, 15) is 0 Å². The van der Waals surface area contributed by atoms with Crippen molar-refractivity contribution in [3.05, 3.63) is 95.6 Å². The molecule has 1 heteroatoms. The summed E-state index contributed by atoms with van der Waals surface area (Å²) >= 11 is 0. The summed E-state index contributed by atoms with van der Waals surface area (Å²) in [7, 11) is 0. The van der Waals surface area contributed by atoms with Crippen LogP contribution in [0.2, 0.25) is 0 Å². The second-order valence-electron chi connectivity index (χ2n) is 8.90. The van der Waals surface area contributed by atoms with Crippen molar-refractivity contribution in [1.82, 2.24) is 0 Å². The van der Waals surface area contributed by atoms with Crippen LogP contribution >= 0.6 is 9.90 Å². The Hall–Kier alpha value is -1.91. The summed E-state index contributed by atoms with van der Waals surface area (Å²) in [6.07, 6.45) is 16.1. The predicted molar refractivity (Wildman–Crippen MR) is 148 cm³/mol. The largest absolute Gasteiger partial charge is 0.153 e. The van der Waals surface area contributed by atoms with Gasteiger partial charge in [-0.3, -0.25) is 0 Å². The van der Waals surface area contributed by atoms with Gasteiger partial charge >= 0.3 is 0 Å². The molecule has 0 fully saturated rings. The first-order valence-electron chi connectivity index (χ1n) is 12.6. The highest BCUT2D eigenvalue weighted by Gasteiger charge is 2.11. The van der Waals surface area contributed by atoms with Gasteiger partial charge in [-0.15, -0.1) is 0 Å². The van der Waals surface area contributed by atoms with Crippen LogP contribution in [0.4, 0.5) is 0 Å². The minimum Gasteiger partial charge on any atom is -0.153 e. The highest BCUT2D eigenvalue weighted by molar-refractivity contribution is 6.92. The Kier molecular flexibility index (Phi) is 13.0. The van der Waals surface area contributed by atoms with E-state index in [0.717, 1.165) is 6.42 Å². The van der Waals surface area contributed by atoms with E-state index in [1.165, 1.54) is 98.4 Å². The van der Waals surface area contributed by atoms with Gasteiger partial charge in [-0.25, -0.2) is 0 Å². The smallest absolute Gasteiger partial charge is 0.00169 e. The summed E-state index contributed by atoms with van der Waals surface area (Å²) in [5, 5.41) is 0. The molecule has 0 spiro atoms. The first-order valence-corrected chi connectivity index (χ1v) is 12.6. The highest BCUT2D eigenvalue weighted by Crippen LogP contribution is 2.29. The van der Waals surface area contributed by atoms with Gasteiger partial charge in [0.25, 0.3) is 0 Å². The fourth-order valence-electron chi connectivity index (χ4n) is 4.57. The van der Waals surface area contributed by atoms with Gasteiger partial charge in [0.15, 0.2) is 0 Å². The number of rotatable bonds is 14. The molecule has 1 atom stereocenters. The maximum absolute atomic E-state index is 2.36. The molecule has 3 aromatic carbocycles. The molecule has 0 N–H and O–H groups in total. The van der Waals surface area contributed by atoms with Crippen LogP contribution in [0.3, 0.4) is 0 Å². The number of aryl methyl sites for hydroxylation is 1. The molecular formula is C31H43P. The Morgan fingerprint density at radius 1 is 0.531 bits per heavy atom. The van der Waals surface area contributed by atoms with Crippen molar-refractivity contribution in [2.75, 3.05) is 0 Å². The Balaban J connectivity index is 0.00000363. The number of benzene rings is 3. The lowest BCUT2D eigenvalue weighted by Gasteiger charge is -2.16. The van der Waals surface area contributed by atoms with Crippen LogP contribution in [-0.4, -0.2) is 0 Å². The molecule has 0 nitrogen and oxygen atoms in total. The van der Waals surface area contributed by atoms with Gasteiger partial charge in [0, 0.05) is 0 Å². The highest BCUT2D eigenvalue weighted by atomic mass is 31.0. The van der Waals surface area contributed by atoms with Gasteiger partial charge in [0.05, 0.1) is 0 Å². The van der Waals surface area contributed by atoms with Crippen LogP contribution in [0.25, 0.3) is 11.1 Å². The Morgan fingerprint density at radius 3 is 1.72 bits per heavy atom. The minimum atomic E-state index is 0. The molecule has 0 aliphatic rings. The lowest BCUT2D eigenvalue weighted by molar-refractivity contribution is 0.556. The van der Waals surface area contributed by atoms with Gasteiger partial charge in [-0.2, -0.15) is 9.90 Å². The summed E-state index contributed by atoms with van der Waals surface area (Å²) in [6, 6.07) is 28.7. The van der Waals surface area contributed by atoms with Crippen molar-refractivity contribution in [3.8, 4) is 11.1 Å². The van der Waals surface area contributed by atoms with Gasteiger partial charge in [0.1, 0.15) is 0 Å². The molecule has 0 aromatic heterocycles. The van der Waals surface area contributed by atoms with E-state index < -0.39 is 0 Å². The van der Waals surface area contributed by atoms with Crippen molar-refractivity contribution >= 4 is 9.90 Å². The molecule has 3 rings (SSSR count). The van der Waals surface area contributed by atoms with Crippen molar-refractivity contribution in [2.24, 2.45) is 0 Å². The fourth-order valence-corrected chi connectivity index (χ4v) is 4.57. The first-order chi connectivity index (χ1) is 15.4. The van der Waals surface area contributed by atoms with Crippen LogP contribution in [0, 0.1) is 0 Å². The van der Waals surface area contributed by atoms with Gasteiger partial charge in [-0.1, -0.05) is 144 Å². The number of hydrogen-bond acceptors (Lipinski definition) is 0. The third kappa shape index (κ3) is 8.91. The molecule has 0 heterocycles. The van der Waals surface area contributed by atoms with E-state index in [1.54, 1.807) is 0 Å². The lowest BCUT2D eigenvalue weighted by atomic mass is 9.89. The van der Waals surface area contributed by atoms with Crippen molar-refractivity contribution in [1.29, 1.82) is 0 Å². The predicted octanol–water partition coefficient (Wildman–Crippen LogP) is 9.47. The molecule has 0 aliphatic carbocycles. The van der Waals surface area contributed by atoms with E-state index >= 15 is 0 Å². The van der Waals surface area contributed by atoms with Crippen LogP contribution in [0.15, 0.2) is 78.9 Å². The first kappa shape index (κ1) is 26.3. The van der Waals surface area contributed by atoms with E-state index in [0.29, 0.717) is 0 Å². The van der Waals surface area contributed by atoms with Gasteiger partial charge in [-0.05, 0) is 47.1 Å². The standard InChI is InChI=1S/C31H40.H3P/c1-2-3-4-5-6-7-8-9-10-15-23-29-24-18-25-30(28-21-16-12-17-22-28)31(29)26-27-19-13-11-14-20-27;/h11-14,16-22,24-25H,2-10,15,23,26H2,1H3;1H3. The molecule has 3 aromatic rings. The molecule has 0 amide bonds. The van der Waals surface area contributed by atoms with Crippen molar-refractivity contribution < 1.29 is 0 Å². The summed E-state index contributed by atoms with van der Waals surface area (Å²) in [5.74, 6) is 0. The molecule has 0 saturated heterocycles. The summed E-state index contributed by atoms with van der Waals surface area (Å²) in [4.78, 5) is 0. The SMILES string of the molecule is CCCCCCCCCCCCc1cccc(-c2ccccc2)c1Cc1ccccc1.P. The van der Waals surface area contributed by atoms with Crippen molar-refractivity contribution in [3.63, 3.8) is 0 Å². The summed E-state index contributed by atoms with van der Waals surface area (Å²) in [5.41, 5.74) is 7.17. The zero-order valence-corrected chi connectivity index (χ0v) is 21.6. The Labute approximate surface area is 200 Å². The number of hydrogen-bond donors (Lipinski definition) is 0. The van der Waals surface area contributed by atoms with Gasteiger partial charge < -0.3 is 0 Å². The van der Waals surface area contributed by atoms with Crippen LogP contribution in [0.1, 0.15) is 87.8 Å². The molecular weight excluding hydrogens is 403 g/mol. The fraction of sp³-hybridized carbons (Fsp3) is 0.419. The van der Waals surface area contributed by atoms with Crippen LogP contribution in [-0.2, 0) is 12.8 Å². The molecule has 32 heavy (non-hydrogen) atoms. The maximum atomic E-state index is 2.36. The third-order valence-corrected chi connectivity index (χ3v) is 6.38.